The first kappa shape index (κ1) is 17.4. The van der Waals surface area contributed by atoms with Gasteiger partial charge in [-0.1, -0.05) is 31.6 Å². The van der Waals surface area contributed by atoms with Gasteiger partial charge in [-0.3, -0.25) is 14.3 Å². The lowest BCUT2D eigenvalue weighted by molar-refractivity contribution is -0.0356. The van der Waals surface area contributed by atoms with Gasteiger partial charge in [0, 0.05) is 19.0 Å². The fourth-order valence-electron chi connectivity index (χ4n) is 2.43. The number of hydrogen-bond donors (Lipinski definition) is 2. The van der Waals surface area contributed by atoms with Crippen molar-refractivity contribution in [3.63, 3.8) is 0 Å². The summed E-state index contributed by atoms with van der Waals surface area (Å²) < 4.78 is 20.1. The molecule has 0 spiro atoms. The lowest BCUT2D eigenvalue weighted by Crippen LogP contribution is -2.33. The zero-order valence-corrected chi connectivity index (χ0v) is 13.0. The second-order valence-corrected chi connectivity index (χ2v) is 5.53. The van der Waals surface area contributed by atoms with Crippen LogP contribution in [0.25, 0.3) is 0 Å². The van der Waals surface area contributed by atoms with Gasteiger partial charge >= 0.3 is 5.69 Å². The van der Waals surface area contributed by atoms with Crippen LogP contribution in [0.15, 0.2) is 15.8 Å². The van der Waals surface area contributed by atoms with Gasteiger partial charge in [0.25, 0.3) is 5.56 Å². The normalized spacial score (nSPS) is 23.5. The minimum atomic E-state index is -1.35. The summed E-state index contributed by atoms with van der Waals surface area (Å²) in [6.45, 7) is 1.63. The van der Waals surface area contributed by atoms with E-state index in [-0.39, 0.29) is 12.0 Å². The number of aromatic amines is 1. The molecule has 126 valence electrons. The molecule has 23 heavy (non-hydrogen) atoms. The summed E-state index contributed by atoms with van der Waals surface area (Å²) in [4.78, 5) is 25.8. The Balaban J connectivity index is 2.20. The highest BCUT2D eigenvalue weighted by Gasteiger charge is 2.36. The molecule has 0 aromatic carbocycles. The lowest BCUT2D eigenvalue weighted by Gasteiger charge is -2.14. The van der Waals surface area contributed by atoms with Gasteiger partial charge in [0.15, 0.2) is 0 Å². The monoisotopic (exact) mass is 324 g/mol. The van der Waals surface area contributed by atoms with E-state index >= 15 is 0 Å². The molecule has 0 radical (unpaired) electrons. The molecule has 6 nitrogen and oxygen atoms in total. The van der Waals surface area contributed by atoms with Crippen molar-refractivity contribution in [1.82, 2.24) is 9.55 Å². The van der Waals surface area contributed by atoms with Crippen molar-refractivity contribution < 1.29 is 14.2 Å². The first-order valence-corrected chi connectivity index (χ1v) is 7.81. The van der Waals surface area contributed by atoms with Gasteiger partial charge in [0.1, 0.15) is 24.1 Å². The number of unbranched alkanes of at least 4 members (excludes halogenated alkanes) is 3. The SMILES string of the molecule is CCCCCC#Cc1cn([C@H]2CC(F)[C@@H](CO)O2)c(=O)[nH]c1=O. The Bertz CT molecular complexity index is 701. The summed E-state index contributed by atoms with van der Waals surface area (Å²) >= 11 is 0. The van der Waals surface area contributed by atoms with Crippen molar-refractivity contribution in [3.05, 3.63) is 32.6 Å². The van der Waals surface area contributed by atoms with Crippen molar-refractivity contribution in [3.8, 4) is 11.8 Å². The fraction of sp³-hybridized carbons (Fsp3) is 0.625. The third-order valence-corrected chi connectivity index (χ3v) is 3.75. The molecule has 1 aromatic heterocycles. The molecule has 1 aliphatic rings. The van der Waals surface area contributed by atoms with Crippen molar-refractivity contribution >= 4 is 0 Å². The standard InChI is InChI=1S/C16H21FN2O4/c1-2-3-4-5-6-7-11-9-19(16(22)18-15(11)21)14-8-12(17)13(10-20)23-14/h9,12-14,20H,2-5,8,10H2,1H3,(H,18,21,22)/t12?,13-,14-/m1/s1. The van der Waals surface area contributed by atoms with Gasteiger partial charge in [0.2, 0.25) is 0 Å². The number of alkyl halides is 1. The maximum atomic E-state index is 13.7. The molecule has 1 aromatic rings. The molecule has 0 bridgehead atoms. The van der Waals surface area contributed by atoms with Gasteiger partial charge in [-0.2, -0.15) is 0 Å². The average Bonchev–Trinajstić information content (AvgIpc) is 2.89. The van der Waals surface area contributed by atoms with Crippen molar-refractivity contribution in [2.75, 3.05) is 6.61 Å². The van der Waals surface area contributed by atoms with Gasteiger partial charge in [0.05, 0.1) is 6.61 Å². The number of H-pyrrole nitrogens is 1. The Labute approximate surface area is 133 Å². The van der Waals surface area contributed by atoms with Crippen LogP contribution in [0, 0.1) is 11.8 Å². The Morgan fingerprint density at radius 3 is 2.91 bits per heavy atom. The highest BCUT2D eigenvalue weighted by molar-refractivity contribution is 5.29. The number of hydrogen-bond acceptors (Lipinski definition) is 4. The van der Waals surface area contributed by atoms with Crippen LogP contribution in [0.1, 0.15) is 50.8 Å². The third kappa shape index (κ3) is 4.30. The summed E-state index contributed by atoms with van der Waals surface area (Å²) in [6.07, 6.45) is 1.86. The van der Waals surface area contributed by atoms with Crippen LogP contribution in [-0.4, -0.2) is 33.5 Å². The first-order chi connectivity index (χ1) is 11.1. The molecule has 2 N–H and O–H groups in total. The van der Waals surface area contributed by atoms with Crippen LogP contribution in [0.2, 0.25) is 0 Å². The van der Waals surface area contributed by atoms with E-state index < -0.39 is 36.4 Å². The molecule has 3 atom stereocenters. The van der Waals surface area contributed by atoms with E-state index in [1.54, 1.807) is 0 Å². The van der Waals surface area contributed by atoms with E-state index in [4.69, 9.17) is 9.84 Å². The number of ether oxygens (including phenoxy) is 1. The number of aromatic nitrogens is 2. The maximum absolute atomic E-state index is 13.7. The zero-order chi connectivity index (χ0) is 16.8. The third-order valence-electron chi connectivity index (χ3n) is 3.75. The summed E-state index contributed by atoms with van der Waals surface area (Å²) in [5.41, 5.74) is -1.10. The van der Waals surface area contributed by atoms with E-state index in [1.165, 1.54) is 6.20 Å². The molecule has 2 heterocycles. The quantitative estimate of drug-likeness (QED) is 0.627. The molecule has 2 rings (SSSR count). The van der Waals surface area contributed by atoms with Crippen LogP contribution in [0.4, 0.5) is 4.39 Å². The van der Waals surface area contributed by atoms with Crippen molar-refractivity contribution in [2.24, 2.45) is 0 Å². The minimum Gasteiger partial charge on any atom is -0.394 e. The Morgan fingerprint density at radius 2 is 2.26 bits per heavy atom. The van der Waals surface area contributed by atoms with E-state index in [0.717, 1.165) is 23.8 Å². The van der Waals surface area contributed by atoms with Crippen molar-refractivity contribution in [2.45, 2.75) is 57.5 Å². The molecule has 7 heteroatoms. The van der Waals surface area contributed by atoms with Crippen molar-refractivity contribution in [1.29, 1.82) is 0 Å². The van der Waals surface area contributed by atoms with Gasteiger partial charge < -0.3 is 9.84 Å². The maximum Gasteiger partial charge on any atom is 0.330 e. The Hall–Kier alpha value is -1.91. The topological polar surface area (TPSA) is 84.3 Å². The lowest BCUT2D eigenvalue weighted by atomic mass is 10.2. The molecular weight excluding hydrogens is 303 g/mol. The summed E-state index contributed by atoms with van der Waals surface area (Å²) in [7, 11) is 0. The number of nitrogens with zero attached hydrogens (tertiary/aromatic N) is 1. The molecule has 0 saturated carbocycles. The smallest absolute Gasteiger partial charge is 0.330 e. The van der Waals surface area contributed by atoms with Gasteiger partial charge in [-0.25, -0.2) is 9.18 Å². The number of aliphatic hydroxyl groups excluding tert-OH is 1. The second kappa shape index (κ2) is 8.09. The molecule has 1 unspecified atom stereocenters. The van der Waals surface area contributed by atoms with Crippen LogP contribution in [0.3, 0.4) is 0 Å². The second-order valence-electron chi connectivity index (χ2n) is 5.53. The molecule has 1 fully saturated rings. The summed E-state index contributed by atoms with van der Waals surface area (Å²) in [5.74, 6) is 5.65. The zero-order valence-electron chi connectivity index (χ0n) is 13.0. The number of nitrogens with one attached hydrogen (secondary N) is 1. The number of rotatable bonds is 5. The number of halogens is 1. The molecule has 1 aliphatic heterocycles. The van der Waals surface area contributed by atoms with Crippen LogP contribution in [-0.2, 0) is 4.74 Å². The van der Waals surface area contributed by atoms with Gasteiger partial charge in [-0.05, 0) is 6.42 Å². The van der Waals surface area contributed by atoms with E-state index in [1.807, 2.05) is 0 Å². The summed E-state index contributed by atoms with van der Waals surface area (Å²) in [6, 6.07) is 0. The number of aliphatic hydroxyl groups is 1. The van der Waals surface area contributed by atoms with Crippen LogP contribution < -0.4 is 11.2 Å². The van der Waals surface area contributed by atoms with E-state index in [0.29, 0.717) is 6.42 Å². The average molecular weight is 324 g/mol. The Kier molecular flexibility index (Phi) is 6.13. The van der Waals surface area contributed by atoms with Crippen LogP contribution >= 0.6 is 0 Å². The molecule has 1 saturated heterocycles. The van der Waals surface area contributed by atoms with E-state index in [9.17, 15) is 14.0 Å². The molecular formula is C16H21FN2O4. The first-order valence-electron chi connectivity index (χ1n) is 7.81. The predicted octanol–water partition coefficient (Wildman–Crippen LogP) is 1.09. The largest absolute Gasteiger partial charge is 0.394 e. The minimum absolute atomic E-state index is 0.0550. The van der Waals surface area contributed by atoms with Crippen LogP contribution in [0.5, 0.6) is 0 Å². The highest BCUT2D eigenvalue weighted by atomic mass is 19.1. The highest BCUT2D eigenvalue weighted by Crippen LogP contribution is 2.29. The predicted molar refractivity (Wildman–Crippen MR) is 82.9 cm³/mol. The fourth-order valence-corrected chi connectivity index (χ4v) is 2.43. The molecule has 0 amide bonds. The summed E-state index contributed by atoms with van der Waals surface area (Å²) in [5, 5.41) is 9.02. The Morgan fingerprint density at radius 1 is 1.48 bits per heavy atom. The molecule has 0 aliphatic carbocycles. The van der Waals surface area contributed by atoms with E-state index in [2.05, 4.69) is 23.7 Å². The van der Waals surface area contributed by atoms with Gasteiger partial charge in [-0.15, -0.1) is 0 Å².